The van der Waals surface area contributed by atoms with E-state index in [4.69, 9.17) is 0 Å². The van der Waals surface area contributed by atoms with E-state index in [1.807, 2.05) is 12.3 Å². The Morgan fingerprint density at radius 2 is 1.87 bits per heavy atom. The number of piperazine rings is 1. The van der Waals surface area contributed by atoms with Gasteiger partial charge in [0.2, 0.25) is 5.91 Å². The zero-order valence-electron chi connectivity index (χ0n) is 23.7. The quantitative estimate of drug-likeness (QED) is 0.620. The van der Waals surface area contributed by atoms with Crippen molar-refractivity contribution in [3.05, 3.63) is 52.6 Å². The molecule has 2 saturated heterocycles. The highest BCUT2D eigenvalue weighted by Gasteiger charge is 2.58. The van der Waals surface area contributed by atoms with Gasteiger partial charge in [0.15, 0.2) is 0 Å². The number of likely N-dealkylation sites (tertiary alicyclic amines) is 1. The predicted octanol–water partition coefficient (Wildman–Crippen LogP) is 4.68. The number of halogens is 1. The van der Waals surface area contributed by atoms with Crippen molar-refractivity contribution in [1.82, 2.24) is 24.9 Å². The molecule has 2 aliphatic heterocycles. The van der Waals surface area contributed by atoms with Gasteiger partial charge >= 0.3 is 0 Å². The van der Waals surface area contributed by atoms with Crippen molar-refractivity contribution in [2.75, 3.05) is 46.3 Å². The highest BCUT2D eigenvalue weighted by Crippen LogP contribution is 2.64. The maximum Gasteiger partial charge on any atom is 0.222 e. The molecule has 0 bridgehead atoms. The zero-order valence-corrected chi connectivity index (χ0v) is 23.7. The number of amides is 1. The molecule has 6 nitrogen and oxygen atoms in total. The Morgan fingerprint density at radius 1 is 1.08 bits per heavy atom. The van der Waals surface area contributed by atoms with E-state index < -0.39 is 0 Å². The molecule has 7 rings (SSSR count). The number of aromatic amines is 1. The molecule has 39 heavy (non-hydrogen) atoms. The van der Waals surface area contributed by atoms with Gasteiger partial charge in [-0.3, -0.25) is 14.8 Å². The molecule has 3 heterocycles. The van der Waals surface area contributed by atoms with Gasteiger partial charge < -0.3 is 9.80 Å². The lowest BCUT2D eigenvalue weighted by Gasteiger charge is -2.51. The molecule has 3 aliphatic carbocycles. The summed E-state index contributed by atoms with van der Waals surface area (Å²) in [7, 11) is 2.21. The van der Waals surface area contributed by atoms with Crippen LogP contribution in [0.15, 0.2) is 24.4 Å². The minimum atomic E-state index is -0.0295. The largest absolute Gasteiger partial charge is 0.340 e. The van der Waals surface area contributed by atoms with Gasteiger partial charge in [-0.15, -0.1) is 0 Å². The number of aromatic nitrogens is 2. The molecule has 7 heteroatoms. The van der Waals surface area contributed by atoms with Crippen LogP contribution in [0.1, 0.15) is 86.1 Å². The number of piperidine rings is 1. The van der Waals surface area contributed by atoms with Gasteiger partial charge in [0, 0.05) is 49.8 Å². The Bertz CT molecular complexity index is 1210. The van der Waals surface area contributed by atoms with Crippen LogP contribution >= 0.6 is 0 Å². The number of nitrogens with one attached hydrogen (secondary N) is 1. The van der Waals surface area contributed by atoms with Crippen molar-refractivity contribution >= 4 is 5.91 Å². The summed E-state index contributed by atoms with van der Waals surface area (Å²) < 4.78 is 14.7. The van der Waals surface area contributed by atoms with Crippen molar-refractivity contribution in [3.63, 3.8) is 0 Å². The van der Waals surface area contributed by atoms with E-state index in [0.717, 1.165) is 63.8 Å². The highest BCUT2D eigenvalue weighted by atomic mass is 19.1. The number of hydrogen-bond acceptors (Lipinski definition) is 4. The smallest absolute Gasteiger partial charge is 0.222 e. The average molecular weight is 534 g/mol. The average Bonchev–Trinajstić information content (AvgIpc) is 3.53. The molecule has 0 spiro atoms. The first-order chi connectivity index (χ1) is 18.9. The first-order valence-electron chi connectivity index (χ1n) is 15.5. The first-order valence-corrected chi connectivity index (χ1v) is 15.5. The van der Waals surface area contributed by atoms with E-state index in [9.17, 15) is 9.18 Å². The van der Waals surface area contributed by atoms with Crippen molar-refractivity contribution in [2.24, 2.45) is 11.8 Å². The third kappa shape index (κ3) is 4.26. The molecule has 0 radical (unpaired) electrons. The van der Waals surface area contributed by atoms with Crippen molar-refractivity contribution in [3.8, 4) is 0 Å². The fourth-order valence-electron chi connectivity index (χ4n) is 9.55. The minimum absolute atomic E-state index is 0.0295. The second-order valence-electron chi connectivity index (χ2n) is 13.4. The summed E-state index contributed by atoms with van der Waals surface area (Å²) >= 11 is 0. The van der Waals surface area contributed by atoms with E-state index in [-0.39, 0.29) is 11.2 Å². The molecule has 1 amide bonds. The second kappa shape index (κ2) is 9.99. The van der Waals surface area contributed by atoms with Crippen molar-refractivity contribution in [1.29, 1.82) is 0 Å². The third-order valence-corrected chi connectivity index (χ3v) is 11.6. The van der Waals surface area contributed by atoms with Gasteiger partial charge in [0.1, 0.15) is 5.82 Å². The summed E-state index contributed by atoms with van der Waals surface area (Å²) in [5.41, 5.74) is 4.91. The molecule has 5 aliphatic rings. The van der Waals surface area contributed by atoms with Gasteiger partial charge in [-0.1, -0.05) is 19.1 Å². The summed E-state index contributed by atoms with van der Waals surface area (Å²) in [6, 6.07) is 6.38. The summed E-state index contributed by atoms with van der Waals surface area (Å²) in [5.74, 6) is 2.06. The van der Waals surface area contributed by atoms with Crippen LogP contribution in [0, 0.1) is 17.7 Å². The number of H-pyrrole nitrogens is 1. The van der Waals surface area contributed by atoms with Gasteiger partial charge in [0.05, 0.1) is 6.20 Å². The lowest BCUT2D eigenvalue weighted by atomic mass is 9.53. The van der Waals surface area contributed by atoms with Crippen LogP contribution in [0.25, 0.3) is 0 Å². The van der Waals surface area contributed by atoms with E-state index in [2.05, 4.69) is 44.9 Å². The van der Waals surface area contributed by atoms with E-state index in [1.165, 1.54) is 42.8 Å². The van der Waals surface area contributed by atoms with Gasteiger partial charge in [0.25, 0.3) is 0 Å². The molecule has 1 N–H and O–H groups in total. The van der Waals surface area contributed by atoms with Crippen LogP contribution in [0.4, 0.5) is 4.39 Å². The Balaban J connectivity index is 1.04. The fraction of sp³-hybridized carbons (Fsp3) is 0.688. The number of hydrogen-bond donors (Lipinski definition) is 1. The predicted molar refractivity (Wildman–Crippen MR) is 150 cm³/mol. The van der Waals surface area contributed by atoms with Crippen molar-refractivity contribution < 1.29 is 9.18 Å². The molecule has 210 valence electrons. The van der Waals surface area contributed by atoms with Crippen LogP contribution in [0.2, 0.25) is 0 Å². The molecule has 1 aromatic carbocycles. The van der Waals surface area contributed by atoms with E-state index in [1.54, 1.807) is 6.07 Å². The molecule has 1 saturated carbocycles. The Hall–Kier alpha value is -2.25. The van der Waals surface area contributed by atoms with Crippen LogP contribution < -0.4 is 0 Å². The summed E-state index contributed by atoms with van der Waals surface area (Å²) in [4.78, 5) is 20.7. The van der Waals surface area contributed by atoms with Gasteiger partial charge in [-0.2, -0.15) is 5.10 Å². The van der Waals surface area contributed by atoms with Gasteiger partial charge in [-0.25, -0.2) is 4.39 Å². The number of benzene rings is 1. The molecule has 5 atom stereocenters. The summed E-state index contributed by atoms with van der Waals surface area (Å²) in [5, 5.41) is 7.86. The molecular formula is C32H44FN5O. The second-order valence-corrected chi connectivity index (χ2v) is 13.4. The Labute approximate surface area is 232 Å². The highest BCUT2D eigenvalue weighted by molar-refractivity contribution is 5.76. The van der Waals surface area contributed by atoms with Crippen LogP contribution in [0.3, 0.4) is 0 Å². The van der Waals surface area contributed by atoms with Crippen LogP contribution in [-0.2, 0) is 16.6 Å². The van der Waals surface area contributed by atoms with Gasteiger partial charge in [-0.05, 0) is 112 Å². The number of rotatable bonds is 4. The zero-order chi connectivity index (χ0) is 26.7. The fourth-order valence-corrected chi connectivity index (χ4v) is 9.55. The summed E-state index contributed by atoms with van der Waals surface area (Å²) in [6.45, 7) is 8.54. The number of carbonyl (C=O) groups is 1. The first kappa shape index (κ1) is 25.7. The molecule has 2 aromatic rings. The lowest BCUT2D eigenvalue weighted by Crippen LogP contribution is -2.54. The maximum absolute atomic E-state index is 14.7. The monoisotopic (exact) mass is 533 g/mol. The van der Waals surface area contributed by atoms with E-state index in [0.29, 0.717) is 42.0 Å². The number of nitrogens with zero attached hydrogens (tertiary/aromatic N) is 4. The molecular weight excluding hydrogens is 489 g/mol. The van der Waals surface area contributed by atoms with Crippen LogP contribution in [0.5, 0.6) is 0 Å². The van der Waals surface area contributed by atoms with Crippen LogP contribution in [-0.4, -0.2) is 83.2 Å². The maximum atomic E-state index is 14.7. The molecule has 3 unspecified atom stereocenters. The standard InChI is InChI=1S/C32H44FN5O/c1-32-13-10-23-22-4-3-5-28(33)24(22)6-7-25(23)30(32)26(27-20-34-35-31(27)32)8-9-29(39)38-18-16-37(17-19-38)21-11-14-36(2)15-12-21/h3-5,20-21,23,25-26,30H,6-19H2,1-2H3,(H,34,35)/t23?,25?,26-,30?,32+/m1/s1. The number of fused-ring (bicyclic) bond motifs is 7. The number of carbonyl (C=O) groups excluding carboxylic acids is 1. The minimum Gasteiger partial charge on any atom is -0.340 e. The normalized spacial score (nSPS) is 33.4. The molecule has 3 fully saturated rings. The topological polar surface area (TPSA) is 55.5 Å². The SMILES string of the molecule is CN1CCC(N2CCN(C(=O)CC[C@@H]3c4cn[nH]c4[C@@]4(C)CCC5c6cccc(F)c6CCC5C34)CC2)CC1. The van der Waals surface area contributed by atoms with Crippen molar-refractivity contribution in [2.45, 2.75) is 81.6 Å². The Kier molecular flexibility index (Phi) is 6.58. The molecule has 1 aromatic heterocycles. The third-order valence-electron chi connectivity index (χ3n) is 11.6. The van der Waals surface area contributed by atoms with E-state index >= 15 is 0 Å². The Morgan fingerprint density at radius 3 is 2.67 bits per heavy atom. The lowest BCUT2D eigenvalue weighted by molar-refractivity contribution is -0.133. The summed E-state index contributed by atoms with van der Waals surface area (Å²) in [6.07, 6.45) is 10.1.